The van der Waals surface area contributed by atoms with Gasteiger partial charge >= 0.3 is 0 Å². The number of carbonyl (C=O) groups is 1. The zero-order valence-corrected chi connectivity index (χ0v) is 16.6. The molecule has 2 aromatic heterocycles. The molecular formula is C23H22N4O2. The van der Waals surface area contributed by atoms with E-state index in [-0.39, 0.29) is 5.91 Å². The van der Waals surface area contributed by atoms with E-state index in [4.69, 9.17) is 9.72 Å². The predicted octanol–water partition coefficient (Wildman–Crippen LogP) is 4.41. The van der Waals surface area contributed by atoms with Crippen LogP contribution >= 0.6 is 0 Å². The number of nitrogens with zero attached hydrogens (tertiary/aromatic N) is 3. The van der Waals surface area contributed by atoms with Crippen LogP contribution in [0, 0.1) is 0 Å². The van der Waals surface area contributed by atoms with E-state index in [1.807, 2.05) is 66.2 Å². The van der Waals surface area contributed by atoms with Crippen molar-refractivity contribution in [3.05, 3.63) is 66.5 Å². The van der Waals surface area contributed by atoms with E-state index >= 15 is 0 Å². The van der Waals surface area contributed by atoms with E-state index in [1.165, 1.54) is 6.92 Å². The Morgan fingerprint density at radius 3 is 2.52 bits per heavy atom. The molecule has 0 fully saturated rings. The molecule has 0 unspecified atom stereocenters. The van der Waals surface area contributed by atoms with Crippen LogP contribution in [0.3, 0.4) is 0 Å². The quantitative estimate of drug-likeness (QED) is 0.552. The highest BCUT2D eigenvalue weighted by atomic mass is 16.5. The molecule has 0 saturated heterocycles. The Hall–Kier alpha value is -3.51. The number of imidazole rings is 1. The molecule has 6 nitrogen and oxygen atoms in total. The summed E-state index contributed by atoms with van der Waals surface area (Å²) in [4.78, 5) is 21.0. The maximum absolute atomic E-state index is 11.5. The number of carbonyl (C=O) groups excluding carboxylic acids is 1. The molecule has 0 bridgehead atoms. The Labute approximate surface area is 169 Å². The summed E-state index contributed by atoms with van der Waals surface area (Å²) in [6.45, 7) is 1.92. The minimum absolute atomic E-state index is 0.102. The number of methoxy groups -OCH3 is 1. The second kappa shape index (κ2) is 7.85. The van der Waals surface area contributed by atoms with Crippen molar-refractivity contribution < 1.29 is 9.53 Å². The van der Waals surface area contributed by atoms with E-state index in [0.717, 1.165) is 39.4 Å². The molecule has 0 radical (unpaired) electrons. The number of nitrogens with one attached hydrogen (secondary N) is 1. The molecule has 2 aromatic carbocycles. The largest absolute Gasteiger partial charge is 0.377 e. The molecular weight excluding hydrogens is 364 g/mol. The fourth-order valence-electron chi connectivity index (χ4n) is 3.42. The van der Waals surface area contributed by atoms with Crippen molar-refractivity contribution in [2.24, 2.45) is 7.05 Å². The van der Waals surface area contributed by atoms with Crippen molar-refractivity contribution in [1.82, 2.24) is 14.5 Å². The van der Waals surface area contributed by atoms with E-state index in [9.17, 15) is 4.79 Å². The molecule has 1 amide bonds. The number of hydrogen-bond acceptors (Lipinski definition) is 4. The highest BCUT2D eigenvalue weighted by Crippen LogP contribution is 2.34. The molecule has 4 rings (SSSR count). The number of fused-ring (bicyclic) bond motifs is 1. The van der Waals surface area contributed by atoms with Crippen molar-refractivity contribution >= 4 is 22.8 Å². The van der Waals surface area contributed by atoms with Gasteiger partial charge in [-0.2, -0.15) is 0 Å². The first kappa shape index (κ1) is 18.8. The van der Waals surface area contributed by atoms with Crippen molar-refractivity contribution in [3.8, 4) is 22.4 Å². The first-order valence-corrected chi connectivity index (χ1v) is 9.35. The number of pyridine rings is 1. The van der Waals surface area contributed by atoms with Crippen molar-refractivity contribution in [1.29, 1.82) is 0 Å². The van der Waals surface area contributed by atoms with E-state index in [2.05, 4.69) is 16.4 Å². The Bertz CT molecular complexity index is 1180. The molecule has 0 atom stereocenters. The summed E-state index contributed by atoms with van der Waals surface area (Å²) in [6, 6.07) is 19.9. The Balaban J connectivity index is 1.95. The first-order chi connectivity index (χ1) is 14.1. The number of ether oxygens (including phenoxy) is 1. The van der Waals surface area contributed by atoms with Gasteiger partial charge in [0.2, 0.25) is 5.91 Å². The van der Waals surface area contributed by atoms with Crippen LogP contribution in [-0.4, -0.2) is 27.6 Å². The number of aryl methyl sites for hydroxylation is 1. The standard InChI is InChI=1S/C23H22N4O2/c1-15(28)24-18-11-7-10-17(12-18)19-13-20-23(25-21(14-29-3)27(20)2)26-22(19)16-8-5-4-6-9-16/h4-13H,14H2,1-3H3,(H,24,28). The predicted molar refractivity (Wildman–Crippen MR) is 114 cm³/mol. The molecule has 4 aromatic rings. The van der Waals surface area contributed by atoms with Gasteiger partial charge in [0, 0.05) is 37.9 Å². The van der Waals surface area contributed by atoms with Crippen molar-refractivity contribution in [2.75, 3.05) is 12.4 Å². The van der Waals surface area contributed by atoms with Gasteiger partial charge in [-0.25, -0.2) is 9.97 Å². The third-order valence-electron chi connectivity index (χ3n) is 4.78. The number of benzene rings is 2. The second-order valence-electron chi connectivity index (χ2n) is 6.88. The Kier molecular flexibility index (Phi) is 5.10. The zero-order chi connectivity index (χ0) is 20.4. The topological polar surface area (TPSA) is 69.0 Å². The van der Waals surface area contributed by atoms with Gasteiger partial charge in [-0.05, 0) is 23.8 Å². The Morgan fingerprint density at radius 2 is 1.79 bits per heavy atom. The summed E-state index contributed by atoms with van der Waals surface area (Å²) in [5.41, 5.74) is 6.16. The summed E-state index contributed by atoms with van der Waals surface area (Å²) in [6.07, 6.45) is 0. The third kappa shape index (κ3) is 3.75. The molecule has 0 aliphatic carbocycles. The molecule has 0 saturated carbocycles. The highest BCUT2D eigenvalue weighted by molar-refractivity contribution is 5.92. The van der Waals surface area contributed by atoms with Crippen molar-refractivity contribution in [3.63, 3.8) is 0 Å². The normalized spacial score (nSPS) is 11.0. The van der Waals surface area contributed by atoms with Crippen LogP contribution in [0.4, 0.5) is 5.69 Å². The minimum Gasteiger partial charge on any atom is -0.377 e. The summed E-state index contributed by atoms with van der Waals surface area (Å²) < 4.78 is 7.27. The average molecular weight is 386 g/mol. The number of aromatic nitrogens is 3. The first-order valence-electron chi connectivity index (χ1n) is 9.35. The van der Waals surface area contributed by atoms with Crippen LogP contribution in [0.15, 0.2) is 60.7 Å². The average Bonchev–Trinajstić information content (AvgIpc) is 3.02. The molecule has 6 heteroatoms. The van der Waals surface area contributed by atoms with Gasteiger partial charge < -0.3 is 14.6 Å². The molecule has 0 aliphatic heterocycles. The molecule has 0 aliphatic rings. The zero-order valence-electron chi connectivity index (χ0n) is 16.6. The van der Waals surface area contributed by atoms with Gasteiger partial charge in [-0.1, -0.05) is 42.5 Å². The third-order valence-corrected chi connectivity index (χ3v) is 4.78. The van der Waals surface area contributed by atoms with Crippen LogP contribution < -0.4 is 5.32 Å². The van der Waals surface area contributed by atoms with E-state index in [0.29, 0.717) is 12.3 Å². The summed E-state index contributed by atoms with van der Waals surface area (Å²) in [5, 5.41) is 2.85. The maximum Gasteiger partial charge on any atom is 0.221 e. The van der Waals surface area contributed by atoms with Crippen LogP contribution in [0.25, 0.3) is 33.5 Å². The lowest BCUT2D eigenvalue weighted by Gasteiger charge is -2.12. The lowest BCUT2D eigenvalue weighted by atomic mass is 9.98. The fraction of sp³-hybridized carbons (Fsp3) is 0.174. The van der Waals surface area contributed by atoms with Gasteiger partial charge in [-0.15, -0.1) is 0 Å². The van der Waals surface area contributed by atoms with E-state index in [1.54, 1.807) is 7.11 Å². The molecule has 0 spiro atoms. The maximum atomic E-state index is 11.5. The fourth-order valence-corrected chi connectivity index (χ4v) is 3.42. The van der Waals surface area contributed by atoms with Gasteiger partial charge in [-0.3, -0.25) is 4.79 Å². The number of amides is 1. The van der Waals surface area contributed by atoms with Crippen LogP contribution in [-0.2, 0) is 23.2 Å². The molecule has 146 valence electrons. The lowest BCUT2D eigenvalue weighted by Crippen LogP contribution is -2.05. The summed E-state index contributed by atoms with van der Waals surface area (Å²) >= 11 is 0. The summed E-state index contributed by atoms with van der Waals surface area (Å²) in [7, 11) is 3.62. The number of hydrogen-bond donors (Lipinski definition) is 1. The smallest absolute Gasteiger partial charge is 0.221 e. The Morgan fingerprint density at radius 1 is 1.03 bits per heavy atom. The van der Waals surface area contributed by atoms with Gasteiger partial charge in [0.1, 0.15) is 12.4 Å². The van der Waals surface area contributed by atoms with Crippen LogP contribution in [0.1, 0.15) is 12.7 Å². The molecule has 1 N–H and O–H groups in total. The van der Waals surface area contributed by atoms with Gasteiger partial charge in [0.05, 0.1) is 11.2 Å². The minimum atomic E-state index is -0.102. The van der Waals surface area contributed by atoms with Gasteiger partial charge in [0.25, 0.3) is 0 Å². The SMILES string of the molecule is COCc1nc2nc(-c3ccccc3)c(-c3cccc(NC(C)=O)c3)cc2n1C. The number of anilines is 1. The van der Waals surface area contributed by atoms with E-state index < -0.39 is 0 Å². The molecule has 2 heterocycles. The lowest BCUT2D eigenvalue weighted by molar-refractivity contribution is -0.114. The number of rotatable bonds is 5. The summed E-state index contributed by atoms with van der Waals surface area (Å²) in [5.74, 6) is 0.716. The second-order valence-corrected chi connectivity index (χ2v) is 6.88. The van der Waals surface area contributed by atoms with Gasteiger partial charge in [0.15, 0.2) is 5.65 Å². The van der Waals surface area contributed by atoms with Crippen molar-refractivity contribution in [2.45, 2.75) is 13.5 Å². The highest BCUT2D eigenvalue weighted by Gasteiger charge is 2.16. The molecule has 29 heavy (non-hydrogen) atoms. The van der Waals surface area contributed by atoms with Crippen LogP contribution in [0.2, 0.25) is 0 Å². The monoisotopic (exact) mass is 386 g/mol. The van der Waals surface area contributed by atoms with Crippen LogP contribution in [0.5, 0.6) is 0 Å².